The van der Waals surface area contributed by atoms with Crippen molar-refractivity contribution in [2.45, 2.75) is 33.7 Å². The van der Waals surface area contributed by atoms with Crippen LogP contribution in [-0.4, -0.2) is 21.6 Å². The van der Waals surface area contributed by atoms with Crippen molar-refractivity contribution in [1.29, 1.82) is 0 Å². The molecule has 0 radical (unpaired) electrons. The zero-order chi connectivity index (χ0) is 26.8. The molecule has 1 atom stereocenters. The number of rotatable bonds is 9. The van der Waals surface area contributed by atoms with Crippen LogP contribution in [0.25, 0.3) is 16.3 Å². The van der Waals surface area contributed by atoms with Crippen molar-refractivity contribution in [3.8, 4) is 5.75 Å². The highest BCUT2D eigenvalue weighted by atomic mass is 19.1. The zero-order valence-corrected chi connectivity index (χ0v) is 21.8. The molecule has 2 aromatic carbocycles. The number of anilines is 2. The number of benzene rings is 2. The van der Waals surface area contributed by atoms with E-state index in [4.69, 9.17) is 10.5 Å². The summed E-state index contributed by atoms with van der Waals surface area (Å²) in [6, 6.07) is 11.7. The summed E-state index contributed by atoms with van der Waals surface area (Å²) in [7, 11) is 0. The number of ether oxygens (including phenoxy) is 1. The van der Waals surface area contributed by atoms with Crippen LogP contribution in [0.4, 0.5) is 15.9 Å². The molecule has 2 aromatic heterocycles. The molecule has 0 aliphatic carbocycles. The molecule has 4 rings (SSSR count). The molecule has 4 N–H and O–H groups in total. The molecular weight excluding hydrogens is 465 g/mol. The molecule has 0 bridgehead atoms. The molecule has 7 heteroatoms. The molecule has 0 saturated heterocycles. The van der Waals surface area contributed by atoms with E-state index in [-0.39, 0.29) is 5.82 Å². The molecule has 0 aliphatic rings. The highest BCUT2D eigenvalue weighted by molar-refractivity contribution is 5.93. The summed E-state index contributed by atoms with van der Waals surface area (Å²) in [6.45, 7) is 12.2. The summed E-state index contributed by atoms with van der Waals surface area (Å²) in [5.41, 5.74) is 8.84. The quantitative estimate of drug-likeness (QED) is 0.208. The van der Waals surface area contributed by atoms with Gasteiger partial charge in [-0.15, -0.1) is 0 Å². The van der Waals surface area contributed by atoms with E-state index in [1.807, 2.05) is 70.2 Å². The average Bonchev–Trinajstić information content (AvgIpc) is 3.40. The van der Waals surface area contributed by atoms with Crippen molar-refractivity contribution in [2.75, 3.05) is 17.7 Å². The van der Waals surface area contributed by atoms with Gasteiger partial charge in [0.2, 0.25) is 0 Å². The third-order valence-corrected chi connectivity index (χ3v) is 5.56. The van der Waals surface area contributed by atoms with Gasteiger partial charge in [0.1, 0.15) is 29.3 Å². The number of fused-ring (bicyclic) bond motifs is 1. The number of aromatic amines is 1. The number of nitrogens with one attached hydrogen (secondary N) is 2. The second-order valence-corrected chi connectivity index (χ2v) is 7.86. The Kier molecular flexibility index (Phi) is 9.61. The van der Waals surface area contributed by atoms with Gasteiger partial charge >= 0.3 is 0 Å². The molecule has 2 heterocycles. The Labute approximate surface area is 217 Å². The minimum Gasteiger partial charge on any atom is -0.494 e. The molecule has 1 unspecified atom stereocenters. The lowest BCUT2D eigenvalue weighted by Crippen LogP contribution is -2.16. The first kappa shape index (κ1) is 27.2. The van der Waals surface area contributed by atoms with Crippen LogP contribution in [0.1, 0.15) is 50.8 Å². The van der Waals surface area contributed by atoms with Gasteiger partial charge in [0.15, 0.2) is 0 Å². The van der Waals surface area contributed by atoms with Crippen LogP contribution < -0.4 is 15.8 Å². The summed E-state index contributed by atoms with van der Waals surface area (Å²) in [5.74, 6) is 1.22. The van der Waals surface area contributed by atoms with Gasteiger partial charge < -0.3 is 20.8 Å². The van der Waals surface area contributed by atoms with Crippen LogP contribution in [0, 0.1) is 5.82 Å². The van der Waals surface area contributed by atoms with E-state index in [1.165, 1.54) is 6.07 Å². The summed E-state index contributed by atoms with van der Waals surface area (Å²) >= 11 is 0. The third-order valence-electron chi connectivity index (χ3n) is 5.56. The Morgan fingerprint density at radius 1 is 1.19 bits per heavy atom. The van der Waals surface area contributed by atoms with E-state index in [2.05, 4.69) is 26.8 Å². The van der Waals surface area contributed by atoms with Crippen molar-refractivity contribution >= 4 is 27.9 Å². The van der Waals surface area contributed by atoms with E-state index in [1.54, 1.807) is 30.6 Å². The maximum absolute atomic E-state index is 15.2. The summed E-state index contributed by atoms with van der Waals surface area (Å²) < 4.78 is 20.8. The molecule has 0 saturated carbocycles. The number of halogens is 1. The Morgan fingerprint density at radius 3 is 2.73 bits per heavy atom. The number of H-pyrrole nitrogens is 1. The molecule has 0 aliphatic heterocycles. The highest BCUT2D eigenvalue weighted by Gasteiger charge is 2.23. The molecular formula is C30H34FN5O. The summed E-state index contributed by atoms with van der Waals surface area (Å²) in [4.78, 5) is 12.1. The first-order valence-corrected chi connectivity index (χ1v) is 12.4. The average molecular weight is 500 g/mol. The Balaban J connectivity index is 0.00000186. The molecule has 37 heavy (non-hydrogen) atoms. The van der Waals surface area contributed by atoms with Gasteiger partial charge in [-0.3, -0.25) is 0 Å². The van der Waals surface area contributed by atoms with Gasteiger partial charge in [-0.2, -0.15) is 0 Å². The second kappa shape index (κ2) is 13.1. The predicted molar refractivity (Wildman–Crippen MR) is 152 cm³/mol. The van der Waals surface area contributed by atoms with Crippen LogP contribution >= 0.6 is 0 Å². The van der Waals surface area contributed by atoms with Crippen molar-refractivity contribution < 1.29 is 9.13 Å². The van der Waals surface area contributed by atoms with E-state index in [0.717, 1.165) is 27.7 Å². The summed E-state index contributed by atoms with van der Waals surface area (Å²) in [6.07, 6.45) is 10.9. The van der Waals surface area contributed by atoms with Crippen LogP contribution in [-0.2, 0) is 0 Å². The fourth-order valence-electron chi connectivity index (χ4n) is 3.85. The fourth-order valence-corrected chi connectivity index (χ4v) is 3.85. The van der Waals surface area contributed by atoms with E-state index in [0.29, 0.717) is 29.6 Å². The standard InChI is InChI=1S/C28H28FN5O.C2H6/c1-4-7-8-18(5-2)25-17-32-28(34-25)26(23-16-21(35-6-3)10-12-24(23)29)33-20-9-11-22-19(15-20)13-14-31-27(22)30;1-2/h4-5,7-17,26,33H,2,6H2,1,3H3,(H2,30,31)(H,32,34);1-2H3/b7-4-,18-8+;. The van der Waals surface area contributed by atoms with Crippen molar-refractivity contribution in [3.05, 3.63) is 109 Å². The number of hydrogen-bond acceptors (Lipinski definition) is 5. The van der Waals surface area contributed by atoms with E-state index in [9.17, 15) is 0 Å². The first-order valence-electron chi connectivity index (χ1n) is 12.4. The fraction of sp³-hybridized carbons (Fsp3) is 0.200. The lowest BCUT2D eigenvalue weighted by Gasteiger charge is -2.20. The number of pyridine rings is 1. The topological polar surface area (TPSA) is 88.8 Å². The number of allylic oxidation sites excluding steroid dienone is 5. The Morgan fingerprint density at radius 2 is 2.00 bits per heavy atom. The molecule has 0 amide bonds. The van der Waals surface area contributed by atoms with Crippen molar-refractivity contribution in [2.24, 2.45) is 0 Å². The molecule has 0 fully saturated rings. The number of imidazole rings is 1. The number of nitrogens with zero attached hydrogens (tertiary/aromatic N) is 2. The van der Waals surface area contributed by atoms with Gasteiger partial charge in [-0.25, -0.2) is 14.4 Å². The Bertz CT molecular complexity index is 1410. The van der Waals surface area contributed by atoms with Gasteiger partial charge in [0.25, 0.3) is 0 Å². The van der Waals surface area contributed by atoms with Crippen LogP contribution in [0.5, 0.6) is 5.75 Å². The smallest absolute Gasteiger partial charge is 0.133 e. The molecule has 0 spiro atoms. The van der Waals surface area contributed by atoms with Crippen LogP contribution in [0.2, 0.25) is 0 Å². The predicted octanol–water partition coefficient (Wildman–Crippen LogP) is 7.45. The largest absolute Gasteiger partial charge is 0.494 e. The minimum absolute atomic E-state index is 0.369. The number of aromatic nitrogens is 3. The second-order valence-electron chi connectivity index (χ2n) is 7.86. The van der Waals surface area contributed by atoms with Gasteiger partial charge in [-0.05, 0) is 67.3 Å². The lowest BCUT2D eigenvalue weighted by molar-refractivity contribution is 0.339. The van der Waals surface area contributed by atoms with Gasteiger partial charge in [0, 0.05) is 22.8 Å². The first-order chi connectivity index (χ1) is 18.0. The van der Waals surface area contributed by atoms with Crippen LogP contribution in [0.15, 0.2) is 85.7 Å². The number of hydrogen-bond donors (Lipinski definition) is 3. The monoisotopic (exact) mass is 499 g/mol. The summed E-state index contributed by atoms with van der Waals surface area (Å²) in [5, 5.41) is 5.21. The SMILES string of the molecule is C=C/C(=C\C=C/C)c1cnc(C(Nc2ccc3c(N)nccc3c2)c2cc(OCC)ccc2F)[nH]1.CC. The maximum Gasteiger partial charge on any atom is 0.133 e. The lowest BCUT2D eigenvalue weighted by atomic mass is 10.0. The number of nitrogens with two attached hydrogens (primary N) is 1. The minimum atomic E-state index is -0.617. The molecule has 4 aromatic rings. The van der Waals surface area contributed by atoms with E-state index < -0.39 is 6.04 Å². The van der Waals surface area contributed by atoms with E-state index >= 15 is 4.39 Å². The molecule has 192 valence electrons. The van der Waals surface area contributed by atoms with Gasteiger partial charge in [-0.1, -0.05) is 44.7 Å². The zero-order valence-electron chi connectivity index (χ0n) is 21.8. The maximum atomic E-state index is 15.2. The van der Waals surface area contributed by atoms with Gasteiger partial charge in [0.05, 0.1) is 18.5 Å². The normalized spacial score (nSPS) is 12.2. The Hall–Kier alpha value is -4.39. The third kappa shape index (κ3) is 6.44. The van der Waals surface area contributed by atoms with Crippen molar-refractivity contribution in [1.82, 2.24) is 15.0 Å². The highest BCUT2D eigenvalue weighted by Crippen LogP contribution is 2.32. The van der Waals surface area contributed by atoms with Crippen molar-refractivity contribution in [3.63, 3.8) is 0 Å². The van der Waals surface area contributed by atoms with Crippen LogP contribution in [0.3, 0.4) is 0 Å². The molecule has 6 nitrogen and oxygen atoms in total. The number of nitrogen functional groups attached to an aromatic ring is 1.